The van der Waals surface area contributed by atoms with Gasteiger partial charge in [-0.2, -0.15) is 0 Å². The maximum Gasteiger partial charge on any atom is -0.0175 e. The Morgan fingerprint density at radius 2 is 1.44 bits per heavy atom. The average Bonchev–Trinajstić information content (AvgIpc) is 2.23. The fourth-order valence-corrected chi connectivity index (χ4v) is 2.17. The quantitative estimate of drug-likeness (QED) is 0.519. The molecule has 3 atom stereocenters. The molecule has 0 amide bonds. The molecule has 0 aromatic carbocycles. The summed E-state index contributed by atoms with van der Waals surface area (Å²) in [7, 11) is 0. The highest BCUT2D eigenvalue weighted by molar-refractivity contribution is 5.04. The molecule has 0 radical (unpaired) electrons. The molecular formula is C16H32. The lowest BCUT2D eigenvalue weighted by molar-refractivity contribution is 0.242. The maximum absolute atomic E-state index is 2.41. The van der Waals surface area contributed by atoms with Crippen LogP contribution < -0.4 is 0 Å². The molecule has 0 bridgehead atoms. The zero-order valence-electron chi connectivity index (χ0n) is 12.7. The third-order valence-electron chi connectivity index (χ3n) is 4.49. The second-order valence-corrected chi connectivity index (χ2v) is 6.20. The van der Waals surface area contributed by atoms with Crippen molar-refractivity contribution in [1.82, 2.24) is 0 Å². The minimum Gasteiger partial charge on any atom is -0.0884 e. The number of hydrogen-bond donors (Lipinski definition) is 0. The summed E-state index contributed by atoms with van der Waals surface area (Å²) in [5.41, 5.74) is 1.58. The van der Waals surface area contributed by atoms with Crippen LogP contribution in [0.3, 0.4) is 0 Å². The Morgan fingerprint density at radius 3 is 1.75 bits per heavy atom. The van der Waals surface area contributed by atoms with Gasteiger partial charge in [0.15, 0.2) is 0 Å². The van der Waals surface area contributed by atoms with Gasteiger partial charge in [-0.1, -0.05) is 53.2 Å². The van der Waals surface area contributed by atoms with Crippen molar-refractivity contribution in [2.45, 2.75) is 61.8 Å². The molecule has 0 heteroatoms. The van der Waals surface area contributed by atoms with Gasteiger partial charge >= 0.3 is 0 Å². The summed E-state index contributed by atoms with van der Waals surface area (Å²) in [6.07, 6.45) is 3.64. The topological polar surface area (TPSA) is 0 Å². The van der Waals surface area contributed by atoms with Gasteiger partial charge in [-0.3, -0.25) is 0 Å². The van der Waals surface area contributed by atoms with Crippen molar-refractivity contribution < 1.29 is 0 Å². The van der Waals surface area contributed by atoms with E-state index in [9.17, 15) is 0 Å². The van der Waals surface area contributed by atoms with Gasteiger partial charge in [-0.25, -0.2) is 0 Å². The van der Waals surface area contributed by atoms with E-state index in [2.05, 4.69) is 61.5 Å². The van der Waals surface area contributed by atoms with Crippen molar-refractivity contribution in [1.29, 1.82) is 0 Å². The molecular weight excluding hydrogens is 192 g/mol. The molecule has 0 saturated carbocycles. The summed E-state index contributed by atoms with van der Waals surface area (Å²) in [6, 6.07) is 0. The average molecular weight is 224 g/mol. The van der Waals surface area contributed by atoms with E-state index < -0.39 is 0 Å². The van der Waals surface area contributed by atoms with Crippen molar-refractivity contribution in [3.63, 3.8) is 0 Å². The lowest BCUT2D eigenvalue weighted by Gasteiger charge is -2.31. The predicted molar refractivity (Wildman–Crippen MR) is 75.5 cm³/mol. The predicted octanol–water partition coefficient (Wildman–Crippen LogP) is 5.54. The molecule has 0 nitrogen and oxygen atoms in total. The van der Waals surface area contributed by atoms with Crippen LogP contribution in [0.4, 0.5) is 0 Å². The highest BCUT2D eigenvalue weighted by Gasteiger charge is 2.24. The van der Waals surface area contributed by atoms with Gasteiger partial charge in [0.1, 0.15) is 0 Å². The van der Waals surface area contributed by atoms with Crippen molar-refractivity contribution in [3.8, 4) is 0 Å². The van der Waals surface area contributed by atoms with E-state index in [-0.39, 0.29) is 0 Å². The van der Waals surface area contributed by atoms with Crippen LogP contribution in [0, 0.1) is 29.6 Å². The Kier molecular flexibility index (Phi) is 7.03. The van der Waals surface area contributed by atoms with E-state index in [0.717, 1.165) is 29.6 Å². The SMILES string of the molecule is CC=C(C)C(CC(C)C(C)C)C(C)C(C)C. The van der Waals surface area contributed by atoms with E-state index in [1.165, 1.54) is 6.42 Å². The Hall–Kier alpha value is -0.260. The van der Waals surface area contributed by atoms with Gasteiger partial charge in [-0.05, 0) is 49.9 Å². The van der Waals surface area contributed by atoms with Crippen LogP contribution >= 0.6 is 0 Å². The van der Waals surface area contributed by atoms with Gasteiger partial charge < -0.3 is 0 Å². The molecule has 0 N–H and O–H groups in total. The second-order valence-electron chi connectivity index (χ2n) is 6.20. The molecule has 0 saturated heterocycles. The van der Waals surface area contributed by atoms with Crippen molar-refractivity contribution in [3.05, 3.63) is 11.6 Å². The molecule has 0 aromatic heterocycles. The van der Waals surface area contributed by atoms with E-state index in [0.29, 0.717) is 0 Å². The number of rotatable bonds is 6. The third-order valence-corrected chi connectivity index (χ3v) is 4.49. The minimum atomic E-state index is 0.766. The molecule has 96 valence electrons. The first-order valence-electron chi connectivity index (χ1n) is 6.94. The molecule has 0 aromatic rings. The molecule has 0 aliphatic rings. The number of allylic oxidation sites excluding steroid dienone is 2. The van der Waals surface area contributed by atoms with Crippen LogP contribution in [0.15, 0.2) is 11.6 Å². The molecule has 0 aliphatic heterocycles. The monoisotopic (exact) mass is 224 g/mol. The lowest BCUT2D eigenvalue weighted by atomic mass is 9.74. The van der Waals surface area contributed by atoms with Crippen LogP contribution in [-0.2, 0) is 0 Å². The Bertz CT molecular complexity index is 210. The Labute approximate surface area is 104 Å². The van der Waals surface area contributed by atoms with E-state index in [1.807, 2.05) is 0 Å². The molecule has 0 rings (SSSR count). The summed E-state index contributed by atoms with van der Waals surface area (Å²) in [4.78, 5) is 0. The molecule has 0 fully saturated rings. The van der Waals surface area contributed by atoms with Gasteiger partial charge in [0.25, 0.3) is 0 Å². The van der Waals surface area contributed by atoms with Gasteiger partial charge in [-0.15, -0.1) is 0 Å². The van der Waals surface area contributed by atoms with Crippen LogP contribution in [0.5, 0.6) is 0 Å². The van der Waals surface area contributed by atoms with Gasteiger partial charge in [0.05, 0.1) is 0 Å². The lowest BCUT2D eigenvalue weighted by Crippen LogP contribution is -2.22. The van der Waals surface area contributed by atoms with E-state index in [1.54, 1.807) is 5.57 Å². The third kappa shape index (κ3) is 4.72. The molecule has 0 heterocycles. The summed E-state index contributed by atoms with van der Waals surface area (Å²) < 4.78 is 0. The summed E-state index contributed by atoms with van der Waals surface area (Å²) in [5.74, 6) is 3.95. The molecule has 0 aliphatic carbocycles. The smallest absolute Gasteiger partial charge is 0.0175 e. The van der Waals surface area contributed by atoms with Crippen LogP contribution in [0.1, 0.15) is 61.8 Å². The first-order chi connectivity index (χ1) is 7.31. The fraction of sp³-hybridized carbons (Fsp3) is 0.875. The zero-order valence-corrected chi connectivity index (χ0v) is 12.7. The largest absolute Gasteiger partial charge is 0.0884 e. The highest BCUT2D eigenvalue weighted by Crippen LogP contribution is 2.34. The Morgan fingerprint density at radius 1 is 0.938 bits per heavy atom. The van der Waals surface area contributed by atoms with E-state index >= 15 is 0 Å². The summed E-state index contributed by atoms with van der Waals surface area (Å²) in [5, 5.41) is 0. The van der Waals surface area contributed by atoms with Crippen LogP contribution in [0.2, 0.25) is 0 Å². The summed E-state index contributed by atoms with van der Waals surface area (Å²) >= 11 is 0. The minimum absolute atomic E-state index is 0.766. The molecule has 3 unspecified atom stereocenters. The van der Waals surface area contributed by atoms with Gasteiger partial charge in [0, 0.05) is 0 Å². The van der Waals surface area contributed by atoms with Crippen molar-refractivity contribution in [2.24, 2.45) is 29.6 Å². The Balaban J connectivity index is 4.69. The normalized spacial score (nSPS) is 19.0. The second kappa shape index (κ2) is 7.14. The standard InChI is InChI=1S/C16H32/c1-9-13(6)16(15(8)12(4)5)10-14(7)11(2)3/h9,11-12,14-16H,10H2,1-8H3. The van der Waals surface area contributed by atoms with Crippen LogP contribution in [-0.4, -0.2) is 0 Å². The van der Waals surface area contributed by atoms with Crippen molar-refractivity contribution >= 4 is 0 Å². The highest BCUT2D eigenvalue weighted by atomic mass is 14.3. The fourth-order valence-electron chi connectivity index (χ4n) is 2.17. The zero-order chi connectivity index (χ0) is 12.9. The first-order valence-corrected chi connectivity index (χ1v) is 6.94. The van der Waals surface area contributed by atoms with E-state index in [4.69, 9.17) is 0 Å². The maximum atomic E-state index is 2.41. The van der Waals surface area contributed by atoms with Gasteiger partial charge in [0.2, 0.25) is 0 Å². The molecule has 16 heavy (non-hydrogen) atoms. The van der Waals surface area contributed by atoms with Crippen LogP contribution in [0.25, 0.3) is 0 Å². The summed E-state index contributed by atoms with van der Waals surface area (Å²) in [6.45, 7) is 18.7. The first kappa shape index (κ1) is 15.7. The molecule has 0 spiro atoms. The number of hydrogen-bond acceptors (Lipinski definition) is 0. The van der Waals surface area contributed by atoms with Crippen molar-refractivity contribution in [2.75, 3.05) is 0 Å².